The highest BCUT2D eigenvalue weighted by atomic mass is 35.5. The van der Waals surface area contributed by atoms with E-state index in [2.05, 4.69) is 16.0 Å². The number of rotatable bonds is 3. The largest absolute Gasteiger partial charge is 0.482 e. The molecule has 0 spiro atoms. The first-order valence-electron chi connectivity index (χ1n) is 7.32. The summed E-state index contributed by atoms with van der Waals surface area (Å²) in [6.07, 6.45) is -0.500. The van der Waals surface area contributed by atoms with Crippen LogP contribution in [0.4, 0.5) is 14.5 Å². The number of hydrogen-bond donors (Lipinski definition) is 3. The lowest BCUT2D eigenvalue weighted by Gasteiger charge is -2.21. The zero-order valence-electron chi connectivity index (χ0n) is 12.9. The maximum absolute atomic E-state index is 13.1. The van der Waals surface area contributed by atoms with Gasteiger partial charge in [0.2, 0.25) is 5.91 Å². The summed E-state index contributed by atoms with van der Waals surface area (Å²) in [4.78, 5) is 23.4. The molecule has 1 saturated heterocycles. The minimum atomic E-state index is -2.85. The van der Waals surface area contributed by atoms with Crippen LogP contribution in [0.5, 0.6) is 5.75 Å². The zero-order chi connectivity index (χ0) is 16.6. The second-order valence-electron chi connectivity index (χ2n) is 5.82. The van der Waals surface area contributed by atoms with Crippen LogP contribution in [0.25, 0.3) is 0 Å². The second-order valence-corrected chi connectivity index (χ2v) is 5.82. The Bertz CT molecular complexity index is 657. The fraction of sp³-hybridized carbons (Fsp3) is 0.467. The highest BCUT2D eigenvalue weighted by Gasteiger charge is 2.42. The molecule has 2 atom stereocenters. The number of alkyl halides is 2. The summed E-state index contributed by atoms with van der Waals surface area (Å²) in [7, 11) is 0. The molecule has 2 aliphatic heterocycles. The van der Waals surface area contributed by atoms with Crippen LogP contribution in [0, 0.1) is 0 Å². The van der Waals surface area contributed by atoms with Crippen molar-refractivity contribution in [3.05, 3.63) is 23.8 Å². The van der Waals surface area contributed by atoms with Gasteiger partial charge < -0.3 is 15.4 Å². The minimum absolute atomic E-state index is 0. The van der Waals surface area contributed by atoms with E-state index in [9.17, 15) is 18.4 Å². The topological polar surface area (TPSA) is 79.5 Å². The molecule has 9 heteroatoms. The molecule has 24 heavy (non-hydrogen) atoms. The summed E-state index contributed by atoms with van der Waals surface area (Å²) in [5, 5.41) is 7.91. The lowest BCUT2D eigenvalue weighted by molar-refractivity contribution is -0.124. The van der Waals surface area contributed by atoms with Gasteiger partial charge in [-0.25, -0.2) is 8.78 Å². The van der Waals surface area contributed by atoms with Crippen LogP contribution in [-0.4, -0.2) is 36.9 Å². The van der Waals surface area contributed by atoms with Gasteiger partial charge in [-0.2, -0.15) is 0 Å². The number of amides is 2. The van der Waals surface area contributed by atoms with Gasteiger partial charge in [0.1, 0.15) is 5.75 Å². The van der Waals surface area contributed by atoms with Crippen LogP contribution in [0.1, 0.15) is 24.9 Å². The number of benzene rings is 1. The van der Waals surface area contributed by atoms with Crippen molar-refractivity contribution in [1.29, 1.82) is 0 Å². The SMILES string of the molecule is CC(NC(=O)C1CC(F)(F)CN1)c1ccc2c(c1)NC(=O)CO2.Cl. The van der Waals surface area contributed by atoms with Crippen molar-refractivity contribution >= 4 is 29.9 Å². The van der Waals surface area contributed by atoms with E-state index >= 15 is 0 Å². The summed E-state index contributed by atoms with van der Waals surface area (Å²) in [6, 6.07) is 3.89. The third kappa shape index (κ3) is 3.93. The normalized spacial score (nSPS) is 22.5. The molecule has 6 nitrogen and oxygen atoms in total. The molecule has 1 fully saturated rings. The molecule has 1 aromatic rings. The van der Waals surface area contributed by atoms with Crippen LogP contribution in [0.15, 0.2) is 18.2 Å². The molecule has 0 bridgehead atoms. The number of carbonyl (C=O) groups is 2. The van der Waals surface area contributed by atoms with E-state index in [1.165, 1.54) is 0 Å². The van der Waals surface area contributed by atoms with E-state index in [1.54, 1.807) is 25.1 Å². The summed E-state index contributed by atoms with van der Waals surface area (Å²) >= 11 is 0. The summed E-state index contributed by atoms with van der Waals surface area (Å²) in [5.74, 6) is -3.00. The van der Waals surface area contributed by atoms with Crippen molar-refractivity contribution in [2.24, 2.45) is 0 Å². The zero-order valence-corrected chi connectivity index (χ0v) is 13.7. The quantitative estimate of drug-likeness (QED) is 0.764. The Morgan fingerprint density at radius 3 is 2.88 bits per heavy atom. The molecule has 2 aliphatic rings. The second kappa shape index (κ2) is 6.90. The lowest BCUT2D eigenvalue weighted by Crippen LogP contribution is -2.41. The summed E-state index contributed by atoms with van der Waals surface area (Å²) in [6.45, 7) is 1.24. The van der Waals surface area contributed by atoms with Gasteiger partial charge in [-0.05, 0) is 24.6 Å². The molecule has 2 amide bonds. The highest BCUT2D eigenvalue weighted by Crippen LogP contribution is 2.31. The van der Waals surface area contributed by atoms with Crippen molar-refractivity contribution in [3.8, 4) is 5.75 Å². The minimum Gasteiger partial charge on any atom is -0.482 e. The van der Waals surface area contributed by atoms with Crippen molar-refractivity contribution in [2.45, 2.75) is 31.4 Å². The van der Waals surface area contributed by atoms with Crippen molar-refractivity contribution in [3.63, 3.8) is 0 Å². The third-order valence-electron chi connectivity index (χ3n) is 3.92. The predicted molar refractivity (Wildman–Crippen MR) is 85.7 cm³/mol. The standard InChI is InChI=1S/C15H17F2N3O3.ClH/c1-8(19-14(22)11-5-15(16,17)7-18-11)9-2-3-12-10(4-9)20-13(21)6-23-12;/h2-4,8,11,18H,5-7H2,1H3,(H,19,22)(H,20,21);1H. The fourth-order valence-electron chi connectivity index (χ4n) is 2.67. The Balaban J connectivity index is 0.00000208. The molecule has 2 heterocycles. The van der Waals surface area contributed by atoms with Crippen LogP contribution < -0.4 is 20.7 Å². The first-order chi connectivity index (χ1) is 10.8. The van der Waals surface area contributed by atoms with Crippen LogP contribution in [0.2, 0.25) is 0 Å². The third-order valence-corrected chi connectivity index (χ3v) is 3.92. The van der Waals surface area contributed by atoms with Crippen molar-refractivity contribution < 1.29 is 23.1 Å². The van der Waals surface area contributed by atoms with Crippen LogP contribution in [-0.2, 0) is 9.59 Å². The molecule has 0 radical (unpaired) electrons. The van der Waals surface area contributed by atoms with E-state index in [4.69, 9.17) is 4.74 Å². The summed E-state index contributed by atoms with van der Waals surface area (Å²) < 4.78 is 31.6. The molecule has 0 aliphatic carbocycles. The summed E-state index contributed by atoms with van der Waals surface area (Å²) in [5.41, 5.74) is 1.28. The van der Waals surface area contributed by atoms with Gasteiger partial charge in [-0.15, -0.1) is 12.4 Å². The smallest absolute Gasteiger partial charge is 0.262 e. The Hall–Kier alpha value is -1.93. The molecule has 0 saturated carbocycles. The molecule has 1 aromatic carbocycles. The highest BCUT2D eigenvalue weighted by molar-refractivity contribution is 5.95. The molecule has 2 unspecified atom stereocenters. The number of halogens is 3. The Labute approximate surface area is 143 Å². The maximum Gasteiger partial charge on any atom is 0.262 e. The predicted octanol–water partition coefficient (Wildman–Crippen LogP) is 1.61. The molecule has 3 N–H and O–H groups in total. The first kappa shape index (κ1) is 18.4. The molecule has 3 rings (SSSR count). The Morgan fingerprint density at radius 2 is 2.21 bits per heavy atom. The van der Waals surface area contributed by atoms with E-state index in [1.807, 2.05) is 0 Å². The Morgan fingerprint density at radius 1 is 1.46 bits per heavy atom. The number of carbonyl (C=O) groups excluding carboxylic acids is 2. The number of nitrogens with one attached hydrogen (secondary N) is 3. The number of fused-ring (bicyclic) bond motifs is 1. The molecule has 0 aromatic heterocycles. The van der Waals surface area contributed by atoms with Crippen LogP contribution in [0.3, 0.4) is 0 Å². The number of hydrogen-bond acceptors (Lipinski definition) is 4. The van der Waals surface area contributed by atoms with Gasteiger partial charge in [-0.1, -0.05) is 6.07 Å². The van der Waals surface area contributed by atoms with Gasteiger partial charge in [0, 0.05) is 6.42 Å². The number of ether oxygens (including phenoxy) is 1. The van der Waals surface area contributed by atoms with E-state index in [0.717, 1.165) is 5.56 Å². The number of anilines is 1. The maximum atomic E-state index is 13.1. The average molecular weight is 362 g/mol. The Kier molecular flexibility index (Phi) is 5.29. The van der Waals surface area contributed by atoms with E-state index in [0.29, 0.717) is 11.4 Å². The molecule has 132 valence electrons. The van der Waals surface area contributed by atoms with Crippen molar-refractivity contribution in [1.82, 2.24) is 10.6 Å². The fourth-order valence-corrected chi connectivity index (χ4v) is 2.67. The van der Waals surface area contributed by atoms with Gasteiger partial charge >= 0.3 is 0 Å². The van der Waals surface area contributed by atoms with Crippen molar-refractivity contribution in [2.75, 3.05) is 18.5 Å². The van der Waals surface area contributed by atoms with Gasteiger partial charge in [0.15, 0.2) is 6.61 Å². The van der Waals surface area contributed by atoms with Gasteiger partial charge in [0.05, 0.1) is 24.3 Å². The van der Waals surface area contributed by atoms with E-state index in [-0.39, 0.29) is 31.0 Å². The average Bonchev–Trinajstić information content (AvgIpc) is 2.86. The molecular formula is C15H18ClF2N3O3. The van der Waals surface area contributed by atoms with Gasteiger partial charge in [-0.3, -0.25) is 14.9 Å². The first-order valence-corrected chi connectivity index (χ1v) is 7.32. The lowest BCUT2D eigenvalue weighted by atomic mass is 10.1. The van der Waals surface area contributed by atoms with Crippen LogP contribution >= 0.6 is 12.4 Å². The van der Waals surface area contributed by atoms with Gasteiger partial charge in [0.25, 0.3) is 11.8 Å². The monoisotopic (exact) mass is 361 g/mol. The van der Waals surface area contributed by atoms with E-state index < -0.39 is 30.8 Å². The molecular weight excluding hydrogens is 344 g/mol.